The Labute approximate surface area is 185 Å². The van der Waals surface area contributed by atoms with Crippen molar-refractivity contribution in [3.63, 3.8) is 0 Å². The number of nitrogens with one attached hydrogen (secondary N) is 1. The van der Waals surface area contributed by atoms with Crippen molar-refractivity contribution in [2.45, 2.75) is 13.8 Å². The van der Waals surface area contributed by atoms with Crippen molar-refractivity contribution < 1.29 is 13.9 Å². The number of nitrogens with zero attached hydrogens (tertiary/aromatic N) is 3. The molecule has 4 aromatic rings. The van der Waals surface area contributed by atoms with Crippen LogP contribution in [0.1, 0.15) is 27.2 Å². The molecule has 0 saturated heterocycles. The molecule has 0 bridgehead atoms. The monoisotopic (exact) mass is 424 g/mol. The summed E-state index contributed by atoms with van der Waals surface area (Å²) in [5, 5.41) is 21.3. The van der Waals surface area contributed by atoms with Crippen LogP contribution in [0.2, 0.25) is 0 Å². The third kappa shape index (κ3) is 3.70. The first-order valence-corrected chi connectivity index (χ1v) is 9.92. The number of carbonyl (C=O) groups is 1. The Kier molecular flexibility index (Phi) is 5.69. The summed E-state index contributed by atoms with van der Waals surface area (Å²) in [4.78, 5) is 13.0. The number of methoxy groups -OCH3 is 1. The molecule has 158 valence electrons. The van der Waals surface area contributed by atoms with Gasteiger partial charge in [-0.1, -0.05) is 60.7 Å². The zero-order valence-electron chi connectivity index (χ0n) is 17.8. The molecule has 4 rings (SSSR count). The molecule has 0 aliphatic rings. The second kappa shape index (κ2) is 8.74. The molecule has 0 aliphatic carbocycles. The average molecular weight is 424 g/mol. The fourth-order valence-corrected chi connectivity index (χ4v) is 3.47. The van der Waals surface area contributed by atoms with E-state index in [1.54, 1.807) is 13.8 Å². The number of furan rings is 1. The number of anilines is 2. The van der Waals surface area contributed by atoms with Crippen molar-refractivity contribution in [1.29, 1.82) is 5.26 Å². The van der Waals surface area contributed by atoms with Crippen LogP contribution in [0.15, 0.2) is 65.1 Å². The van der Waals surface area contributed by atoms with E-state index >= 15 is 0 Å². The van der Waals surface area contributed by atoms with Gasteiger partial charge in [0.25, 0.3) is 0 Å². The van der Waals surface area contributed by atoms with Crippen LogP contribution in [0, 0.1) is 25.2 Å². The van der Waals surface area contributed by atoms with Gasteiger partial charge in [-0.2, -0.15) is 5.26 Å². The fourth-order valence-electron chi connectivity index (χ4n) is 3.47. The lowest BCUT2D eigenvalue weighted by Gasteiger charge is -2.16. The third-order valence-electron chi connectivity index (χ3n) is 5.20. The smallest absolute Gasteiger partial charge is 0.342 e. The van der Waals surface area contributed by atoms with Gasteiger partial charge < -0.3 is 14.5 Å². The molecule has 0 amide bonds. The molecule has 2 heterocycles. The van der Waals surface area contributed by atoms with Gasteiger partial charge in [0.05, 0.1) is 7.11 Å². The van der Waals surface area contributed by atoms with E-state index in [1.807, 2.05) is 60.7 Å². The van der Waals surface area contributed by atoms with Crippen molar-refractivity contribution in [3.8, 4) is 28.5 Å². The Hall–Kier alpha value is -4.44. The summed E-state index contributed by atoms with van der Waals surface area (Å²) < 4.78 is 10.8. The second-order valence-electron chi connectivity index (χ2n) is 7.10. The largest absolute Gasteiger partial charge is 0.465 e. The maximum atomic E-state index is 13.0. The summed E-state index contributed by atoms with van der Waals surface area (Å²) in [6.45, 7) is 3.56. The first-order chi connectivity index (χ1) is 15.5. The molecule has 0 radical (unpaired) electrons. The highest BCUT2D eigenvalue weighted by Crippen LogP contribution is 2.38. The van der Waals surface area contributed by atoms with Gasteiger partial charge in [-0.25, -0.2) is 4.79 Å². The van der Waals surface area contributed by atoms with Gasteiger partial charge in [-0.3, -0.25) is 0 Å². The van der Waals surface area contributed by atoms with Crippen LogP contribution in [-0.4, -0.2) is 23.3 Å². The maximum Gasteiger partial charge on any atom is 0.342 e. The number of ether oxygens (including phenoxy) is 1. The summed E-state index contributed by atoms with van der Waals surface area (Å²) in [5.41, 5.74) is 3.94. The van der Waals surface area contributed by atoms with E-state index in [2.05, 4.69) is 21.6 Å². The lowest BCUT2D eigenvalue weighted by Crippen LogP contribution is -2.12. The lowest BCUT2D eigenvalue weighted by molar-refractivity contribution is 0.0602. The van der Waals surface area contributed by atoms with Crippen molar-refractivity contribution >= 4 is 17.7 Å². The van der Waals surface area contributed by atoms with Crippen molar-refractivity contribution in [1.82, 2.24) is 10.2 Å². The Balaban J connectivity index is 2.00. The minimum absolute atomic E-state index is 0.139. The lowest BCUT2D eigenvalue weighted by atomic mass is 9.95. The molecule has 32 heavy (non-hydrogen) atoms. The number of hydrogen-bond donors (Lipinski definition) is 1. The van der Waals surface area contributed by atoms with Gasteiger partial charge in [-0.05, 0) is 19.4 Å². The number of benzene rings is 2. The standard InChI is InChI=1S/C25H20N4O3/c1-15-16(2)32-24(19(15)14-26)27-23-21(25(30)31-3)20(17-10-6-4-7-11-17)22(28-29-23)18-12-8-5-9-13-18/h4-13H,1-3H3,(H,27,29). The van der Waals surface area contributed by atoms with Gasteiger partial charge in [0, 0.05) is 16.7 Å². The topological polar surface area (TPSA) is 101 Å². The molecule has 0 aliphatic heterocycles. The quantitative estimate of drug-likeness (QED) is 0.427. The van der Waals surface area contributed by atoms with Crippen LogP contribution in [0.3, 0.4) is 0 Å². The molecule has 7 nitrogen and oxygen atoms in total. The summed E-state index contributed by atoms with van der Waals surface area (Å²) in [5.74, 6) is 0.354. The van der Waals surface area contributed by atoms with E-state index in [4.69, 9.17) is 9.15 Å². The Morgan fingerprint density at radius 3 is 2.22 bits per heavy atom. The zero-order valence-corrected chi connectivity index (χ0v) is 17.8. The number of nitriles is 1. The van der Waals surface area contributed by atoms with Gasteiger partial charge >= 0.3 is 5.97 Å². The van der Waals surface area contributed by atoms with Crippen molar-refractivity contribution in [3.05, 3.63) is 83.1 Å². The van der Waals surface area contributed by atoms with Crippen LogP contribution in [0.4, 0.5) is 11.7 Å². The first-order valence-electron chi connectivity index (χ1n) is 9.92. The first kappa shape index (κ1) is 20.8. The van der Waals surface area contributed by atoms with Crippen LogP contribution in [0.5, 0.6) is 0 Å². The maximum absolute atomic E-state index is 13.0. The minimum Gasteiger partial charge on any atom is -0.465 e. The fraction of sp³-hybridized carbons (Fsp3) is 0.120. The zero-order chi connectivity index (χ0) is 22.7. The Morgan fingerprint density at radius 1 is 1.00 bits per heavy atom. The van der Waals surface area contributed by atoms with Crippen LogP contribution in [0.25, 0.3) is 22.4 Å². The highest BCUT2D eigenvalue weighted by molar-refractivity contribution is 6.05. The van der Waals surface area contributed by atoms with Crippen LogP contribution >= 0.6 is 0 Å². The average Bonchev–Trinajstić information content (AvgIpc) is 3.11. The molecule has 1 N–H and O–H groups in total. The van der Waals surface area contributed by atoms with E-state index < -0.39 is 5.97 Å². The normalized spacial score (nSPS) is 10.4. The Bertz CT molecular complexity index is 1320. The van der Waals surface area contributed by atoms with E-state index in [0.29, 0.717) is 28.1 Å². The highest BCUT2D eigenvalue weighted by Gasteiger charge is 2.27. The molecule has 0 fully saturated rings. The van der Waals surface area contributed by atoms with Crippen LogP contribution in [-0.2, 0) is 4.74 Å². The predicted molar refractivity (Wildman–Crippen MR) is 120 cm³/mol. The molecule has 0 atom stereocenters. The number of hydrogen-bond acceptors (Lipinski definition) is 7. The number of aryl methyl sites for hydroxylation is 1. The summed E-state index contributed by atoms with van der Waals surface area (Å²) in [6.07, 6.45) is 0. The van der Waals surface area contributed by atoms with E-state index in [-0.39, 0.29) is 17.3 Å². The van der Waals surface area contributed by atoms with Crippen molar-refractivity contribution in [2.75, 3.05) is 12.4 Å². The van der Waals surface area contributed by atoms with E-state index in [9.17, 15) is 10.1 Å². The summed E-state index contributed by atoms with van der Waals surface area (Å²) in [7, 11) is 1.31. The van der Waals surface area contributed by atoms with E-state index in [0.717, 1.165) is 11.1 Å². The molecule has 0 spiro atoms. The molecule has 0 saturated carbocycles. The summed E-state index contributed by atoms with van der Waals surface area (Å²) in [6, 6.07) is 21.1. The highest BCUT2D eigenvalue weighted by atomic mass is 16.5. The second-order valence-corrected chi connectivity index (χ2v) is 7.10. The summed E-state index contributed by atoms with van der Waals surface area (Å²) >= 11 is 0. The van der Waals surface area contributed by atoms with E-state index in [1.165, 1.54) is 7.11 Å². The molecule has 2 aromatic heterocycles. The predicted octanol–water partition coefficient (Wildman–Crippen LogP) is 5.42. The number of rotatable bonds is 5. The SMILES string of the molecule is COC(=O)c1c(Nc2oc(C)c(C)c2C#N)nnc(-c2ccccc2)c1-c1ccccc1. The molecular weight excluding hydrogens is 404 g/mol. The van der Waals surface area contributed by atoms with Crippen LogP contribution < -0.4 is 5.32 Å². The number of carbonyl (C=O) groups excluding carboxylic acids is 1. The Morgan fingerprint density at radius 2 is 1.62 bits per heavy atom. The molecule has 2 aromatic carbocycles. The molecular formula is C25H20N4O3. The van der Waals surface area contributed by atoms with Gasteiger partial charge in [0.1, 0.15) is 28.7 Å². The molecule has 7 heteroatoms. The number of aromatic nitrogens is 2. The van der Waals surface area contributed by atoms with Gasteiger partial charge in [-0.15, -0.1) is 10.2 Å². The third-order valence-corrected chi connectivity index (χ3v) is 5.20. The van der Waals surface area contributed by atoms with Crippen molar-refractivity contribution in [2.24, 2.45) is 0 Å². The minimum atomic E-state index is -0.586. The number of esters is 1. The van der Waals surface area contributed by atoms with Gasteiger partial charge in [0.15, 0.2) is 5.82 Å². The molecule has 0 unspecified atom stereocenters. The van der Waals surface area contributed by atoms with Gasteiger partial charge in [0.2, 0.25) is 5.88 Å².